The molecule has 0 N–H and O–H groups in total. The molecule has 1 unspecified atom stereocenters. The highest BCUT2D eigenvalue weighted by Crippen LogP contribution is 2.28. The number of carbonyl (C=O) groups is 1. The highest BCUT2D eigenvalue weighted by molar-refractivity contribution is 9.10. The predicted molar refractivity (Wildman–Crippen MR) is 83.2 cm³/mol. The quantitative estimate of drug-likeness (QED) is 0.707. The van der Waals surface area contributed by atoms with E-state index >= 15 is 0 Å². The summed E-state index contributed by atoms with van der Waals surface area (Å²) in [7, 11) is 0. The number of hydrogen-bond acceptors (Lipinski definition) is 1. The molecule has 1 aliphatic heterocycles. The van der Waals surface area contributed by atoms with Gasteiger partial charge in [-0.2, -0.15) is 0 Å². The molecule has 104 valence electrons. The second-order valence-corrected chi connectivity index (χ2v) is 6.42. The zero-order valence-corrected chi connectivity index (χ0v) is 13.6. The number of nitrogens with zero attached hydrogens (tertiary/aromatic N) is 1. The molecule has 0 aliphatic carbocycles. The maximum absolute atomic E-state index is 12.6. The maximum atomic E-state index is 12.6. The number of amides is 1. The molecular formula is C14H16BrCl2NO. The third-order valence-corrected chi connectivity index (χ3v) is 4.66. The summed E-state index contributed by atoms with van der Waals surface area (Å²) in [5.41, 5.74) is 0.644. The maximum Gasteiger partial charge on any atom is 0.255 e. The molecule has 2 nitrogen and oxygen atoms in total. The minimum absolute atomic E-state index is 0.0615. The van der Waals surface area contributed by atoms with Crippen molar-refractivity contribution in [3.8, 4) is 0 Å². The number of carbonyl (C=O) groups excluding carboxylic acids is 1. The highest BCUT2D eigenvalue weighted by Gasteiger charge is 2.29. The summed E-state index contributed by atoms with van der Waals surface area (Å²) in [6, 6.07) is 5.64. The zero-order valence-electron chi connectivity index (χ0n) is 10.5. The lowest BCUT2D eigenvalue weighted by Gasteiger charge is -2.25. The Morgan fingerprint density at radius 3 is 3.00 bits per heavy atom. The Kier molecular flexibility index (Phi) is 5.55. The van der Waals surface area contributed by atoms with E-state index in [0.717, 1.165) is 36.7 Å². The van der Waals surface area contributed by atoms with Crippen LogP contribution in [0.3, 0.4) is 0 Å². The molecule has 5 heteroatoms. The predicted octanol–water partition coefficient (Wildman–Crippen LogP) is 4.73. The van der Waals surface area contributed by atoms with E-state index in [0.29, 0.717) is 22.5 Å². The van der Waals surface area contributed by atoms with Crippen molar-refractivity contribution < 1.29 is 4.79 Å². The van der Waals surface area contributed by atoms with Crippen molar-refractivity contribution in [3.63, 3.8) is 0 Å². The second kappa shape index (κ2) is 6.96. The molecule has 2 rings (SSSR count). The average molecular weight is 365 g/mol. The first-order valence-electron chi connectivity index (χ1n) is 6.45. The van der Waals surface area contributed by atoms with Crippen molar-refractivity contribution in [1.82, 2.24) is 4.90 Å². The lowest BCUT2D eigenvalue weighted by molar-refractivity contribution is 0.0729. The van der Waals surface area contributed by atoms with E-state index < -0.39 is 0 Å². The molecule has 1 aromatic carbocycles. The summed E-state index contributed by atoms with van der Waals surface area (Å²) in [6.07, 6.45) is 4.07. The van der Waals surface area contributed by atoms with Crippen molar-refractivity contribution >= 4 is 45.0 Å². The summed E-state index contributed by atoms with van der Waals surface area (Å²) in [5.74, 6) is 0.714. The van der Waals surface area contributed by atoms with Crippen LogP contribution in [0.15, 0.2) is 22.7 Å². The zero-order chi connectivity index (χ0) is 13.8. The normalized spacial score (nSPS) is 18.9. The fourth-order valence-electron chi connectivity index (χ4n) is 2.53. The van der Waals surface area contributed by atoms with Gasteiger partial charge in [-0.25, -0.2) is 0 Å². The van der Waals surface area contributed by atoms with Crippen LogP contribution in [-0.4, -0.2) is 29.3 Å². The van der Waals surface area contributed by atoms with Crippen LogP contribution in [-0.2, 0) is 0 Å². The molecule has 1 aromatic rings. The molecule has 1 saturated heterocycles. The standard InChI is InChI=1S/C14H16BrCl2NO/c15-13-6-5-10(17)9-12(13)14(19)18-8-2-4-11(18)3-1-7-16/h5-6,9,11H,1-4,7-8H2. The van der Waals surface area contributed by atoms with Gasteiger partial charge in [-0.15, -0.1) is 11.6 Å². The Balaban J connectivity index is 2.16. The minimum atomic E-state index is 0.0615. The van der Waals surface area contributed by atoms with E-state index in [1.54, 1.807) is 12.1 Å². The Labute approximate surface area is 132 Å². The largest absolute Gasteiger partial charge is 0.336 e. The van der Waals surface area contributed by atoms with E-state index in [-0.39, 0.29) is 5.91 Å². The van der Waals surface area contributed by atoms with Gasteiger partial charge in [0.05, 0.1) is 5.56 Å². The van der Waals surface area contributed by atoms with Crippen LogP contribution in [0, 0.1) is 0 Å². The molecule has 0 bridgehead atoms. The van der Waals surface area contributed by atoms with Crippen LogP contribution < -0.4 is 0 Å². The van der Waals surface area contributed by atoms with Gasteiger partial charge in [0.15, 0.2) is 0 Å². The summed E-state index contributed by atoms with van der Waals surface area (Å²) < 4.78 is 0.796. The number of likely N-dealkylation sites (tertiary alicyclic amines) is 1. The Hall–Kier alpha value is -0.250. The van der Waals surface area contributed by atoms with Gasteiger partial charge in [0.25, 0.3) is 5.91 Å². The SMILES string of the molecule is O=C(c1cc(Cl)ccc1Br)N1CCCC1CCCCl. The van der Waals surface area contributed by atoms with Gasteiger partial charge in [-0.1, -0.05) is 11.6 Å². The third-order valence-electron chi connectivity index (χ3n) is 3.47. The summed E-state index contributed by atoms with van der Waals surface area (Å²) in [5, 5.41) is 0.586. The van der Waals surface area contributed by atoms with Crippen LogP contribution in [0.5, 0.6) is 0 Å². The summed E-state index contributed by atoms with van der Waals surface area (Å²) in [4.78, 5) is 14.6. The molecule has 1 amide bonds. The lowest BCUT2D eigenvalue weighted by Crippen LogP contribution is -2.35. The van der Waals surface area contributed by atoms with Gasteiger partial charge in [-0.05, 0) is 59.8 Å². The molecule has 1 atom stereocenters. The van der Waals surface area contributed by atoms with Crippen LogP contribution in [0.1, 0.15) is 36.0 Å². The number of benzene rings is 1. The molecule has 0 saturated carbocycles. The Morgan fingerprint density at radius 1 is 1.47 bits per heavy atom. The molecule has 0 spiro atoms. The number of hydrogen-bond donors (Lipinski definition) is 0. The lowest BCUT2D eigenvalue weighted by atomic mass is 10.1. The molecule has 1 aliphatic rings. The summed E-state index contributed by atoms with van der Waals surface area (Å²) in [6.45, 7) is 0.824. The molecule has 19 heavy (non-hydrogen) atoms. The third kappa shape index (κ3) is 3.65. The monoisotopic (exact) mass is 363 g/mol. The first-order chi connectivity index (χ1) is 9.13. The van der Waals surface area contributed by atoms with Gasteiger partial charge in [0, 0.05) is 28.0 Å². The molecule has 1 fully saturated rings. The minimum Gasteiger partial charge on any atom is -0.336 e. The van der Waals surface area contributed by atoms with E-state index in [1.165, 1.54) is 0 Å². The van der Waals surface area contributed by atoms with Gasteiger partial charge in [0.2, 0.25) is 0 Å². The van der Waals surface area contributed by atoms with Crippen molar-refractivity contribution in [2.24, 2.45) is 0 Å². The van der Waals surface area contributed by atoms with Crippen molar-refractivity contribution in [1.29, 1.82) is 0 Å². The van der Waals surface area contributed by atoms with Gasteiger partial charge in [0.1, 0.15) is 0 Å². The Bertz CT molecular complexity index is 467. The van der Waals surface area contributed by atoms with E-state index in [4.69, 9.17) is 23.2 Å². The average Bonchev–Trinajstić information content (AvgIpc) is 2.86. The number of alkyl halides is 1. The van der Waals surface area contributed by atoms with Crippen molar-refractivity contribution in [3.05, 3.63) is 33.3 Å². The topological polar surface area (TPSA) is 20.3 Å². The van der Waals surface area contributed by atoms with Crippen LogP contribution in [0.25, 0.3) is 0 Å². The van der Waals surface area contributed by atoms with E-state index in [1.807, 2.05) is 11.0 Å². The molecular weight excluding hydrogens is 349 g/mol. The van der Waals surface area contributed by atoms with Crippen molar-refractivity contribution in [2.75, 3.05) is 12.4 Å². The van der Waals surface area contributed by atoms with E-state index in [2.05, 4.69) is 15.9 Å². The molecule has 0 radical (unpaired) electrons. The van der Waals surface area contributed by atoms with E-state index in [9.17, 15) is 4.79 Å². The molecule has 0 aromatic heterocycles. The highest BCUT2D eigenvalue weighted by atomic mass is 79.9. The fraction of sp³-hybridized carbons (Fsp3) is 0.500. The first kappa shape index (κ1) is 15.1. The smallest absolute Gasteiger partial charge is 0.255 e. The van der Waals surface area contributed by atoms with Crippen LogP contribution >= 0.6 is 39.1 Å². The number of halogens is 3. The number of rotatable bonds is 4. The fourth-order valence-corrected chi connectivity index (χ4v) is 3.27. The van der Waals surface area contributed by atoms with Gasteiger partial charge >= 0.3 is 0 Å². The molecule has 1 heterocycles. The van der Waals surface area contributed by atoms with Gasteiger partial charge in [-0.3, -0.25) is 4.79 Å². The van der Waals surface area contributed by atoms with Crippen LogP contribution in [0.4, 0.5) is 0 Å². The first-order valence-corrected chi connectivity index (χ1v) is 8.16. The summed E-state index contributed by atoms with van der Waals surface area (Å²) >= 11 is 15.1. The van der Waals surface area contributed by atoms with Gasteiger partial charge < -0.3 is 4.90 Å². The van der Waals surface area contributed by atoms with Crippen LogP contribution in [0.2, 0.25) is 5.02 Å². The Morgan fingerprint density at radius 2 is 2.26 bits per heavy atom. The second-order valence-electron chi connectivity index (χ2n) is 4.75. The van der Waals surface area contributed by atoms with Crippen molar-refractivity contribution in [2.45, 2.75) is 31.7 Å².